The number of nitriles is 1. The Balaban J connectivity index is 1.87. The van der Waals surface area contributed by atoms with Crippen LogP contribution in [0.4, 0.5) is 5.69 Å². The fourth-order valence-electron chi connectivity index (χ4n) is 2.37. The van der Waals surface area contributed by atoms with Crippen molar-refractivity contribution in [3.05, 3.63) is 64.2 Å². The maximum Gasteiger partial charge on any atom is 0.281 e. The summed E-state index contributed by atoms with van der Waals surface area (Å²) >= 11 is 1.08. The Bertz CT molecular complexity index is 1080. The molecule has 0 fully saturated rings. The molecule has 0 amide bonds. The van der Waals surface area contributed by atoms with Crippen LogP contribution < -0.4 is 9.47 Å². The molecule has 0 saturated carbocycles. The second kappa shape index (κ2) is 8.90. The minimum Gasteiger partial charge on any atom is -0.497 e. The zero-order chi connectivity index (χ0) is 20.8. The SMILES string of the molecule is COc1cc(OC)cc(-c2nnc(S/C(=C\C#N)c3ccc([N+](=O)[O-])cc3)o2)c1. The van der Waals surface area contributed by atoms with Gasteiger partial charge in [0.15, 0.2) is 0 Å². The molecule has 0 spiro atoms. The van der Waals surface area contributed by atoms with Crippen molar-refractivity contribution >= 4 is 22.4 Å². The molecule has 1 aromatic heterocycles. The van der Waals surface area contributed by atoms with E-state index in [9.17, 15) is 10.1 Å². The third-order valence-corrected chi connectivity index (χ3v) is 4.67. The van der Waals surface area contributed by atoms with Crippen LogP contribution >= 0.6 is 11.8 Å². The van der Waals surface area contributed by atoms with Gasteiger partial charge in [0.05, 0.1) is 25.2 Å². The van der Waals surface area contributed by atoms with Crippen LogP contribution in [0.25, 0.3) is 16.4 Å². The van der Waals surface area contributed by atoms with E-state index in [0.717, 1.165) is 11.8 Å². The molecule has 0 aliphatic heterocycles. The first-order chi connectivity index (χ1) is 14.0. The normalized spacial score (nSPS) is 11.0. The molecule has 3 aromatic rings. The van der Waals surface area contributed by atoms with E-state index >= 15 is 0 Å². The number of nitrogens with zero attached hydrogens (tertiary/aromatic N) is 4. The van der Waals surface area contributed by atoms with E-state index in [1.807, 2.05) is 6.07 Å². The van der Waals surface area contributed by atoms with Crippen LogP contribution in [0.3, 0.4) is 0 Å². The maximum atomic E-state index is 10.8. The molecule has 3 rings (SSSR count). The van der Waals surface area contributed by atoms with Gasteiger partial charge in [-0.3, -0.25) is 10.1 Å². The smallest absolute Gasteiger partial charge is 0.281 e. The van der Waals surface area contributed by atoms with Gasteiger partial charge in [-0.1, -0.05) is 0 Å². The molecule has 29 heavy (non-hydrogen) atoms. The third-order valence-electron chi connectivity index (χ3n) is 3.76. The van der Waals surface area contributed by atoms with Gasteiger partial charge in [-0.15, -0.1) is 10.2 Å². The quantitative estimate of drug-likeness (QED) is 0.242. The van der Waals surface area contributed by atoms with Gasteiger partial charge in [-0.25, -0.2) is 0 Å². The zero-order valence-corrected chi connectivity index (χ0v) is 16.2. The Hall–Kier alpha value is -3.84. The fraction of sp³-hybridized carbons (Fsp3) is 0.105. The lowest BCUT2D eigenvalue weighted by molar-refractivity contribution is -0.384. The number of thioether (sulfide) groups is 1. The molecule has 0 aliphatic rings. The monoisotopic (exact) mass is 410 g/mol. The van der Waals surface area contributed by atoms with E-state index in [2.05, 4.69) is 10.2 Å². The van der Waals surface area contributed by atoms with Gasteiger partial charge < -0.3 is 13.9 Å². The molecule has 0 saturated heterocycles. The van der Waals surface area contributed by atoms with Gasteiger partial charge in [0.2, 0.25) is 5.89 Å². The summed E-state index contributed by atoms with van der Waals surface area (Å²) in [6.07, 6.45) is 1.31. The lowest BCUT2D eigenvalue weighted by Crippen LogP contribution is -1.88. The van der Waals surface area contributed by atoms with Crippen molar-refractivity contribution in [3.63, 3.8) is 0 Å². The topological polar surface area (TPSA) is 124 Å². The molecule has 2 aromatic carbocycles. The summed E-state index contributed by atoms with van der Waals surface area (Å²) in [5, 5.41) is 28.1. The number of nitro groups is 1. The highest BCUT2D eigenvalue weighted by Gasteiger charge is 2.15. The average Bonchev–Trinajstić information content (AvgIpc) is 3.21. The molecule has 0 unspecified atom stereocenters. The predicted molar refractivity (Wildman–Crippen MR) is 105 cm³/mol. The van der Waals surface area contributed by atoms with Crippen LogP contribution in [0.5, 0.6) is 11.5 Å². The molecule has 0 N–H and O–H groups in total. The number of allylic oxidation sites excluding steroid dienone is 1. The van der Waals surface area contributed by atoms with Crippen LogP contribution in [-0.4, -0.2) is 29.3 Å². The summed E-state index contributed by atoms with van der Waals surface area (Å²) in [6, 6.07) is 13.0. The van der Waals surface area contributed by atoms with Crippen molar-refractivity contribution in [1.82, 2.24) is 10.2 Å². The predicted octanol–water partition coefficient (Wildman–Crippen LogP) is 4.32. The number of hydrogen-bond acceptors (Lipinski definition) is 9. The summed E-state index contributed by atoms with van der Waals surface area (Å²) in [7, 11) is 3.08. The zero-order valence-electron chi connectivity index (χ0n) is 15.4. The second-order valence-corrected chi connectivity index (χ2v) is 6.51. The number of ether oxygens (including phenoxy) is 2. The fourth-order valence-corrected chi connectivity index (χ4v) is 3.13. The van der Waals surface area contributed by atoms with Gasteiger partial charge >= 0.3 is 0 Å². The maximum absolute atomic E-state index is 10.8. The molecule has 0 bridgehead atoms. The molecule has 1 heterocycles. The highest BCUT2D eigenvalue weighted by Crippen LogP contribution is 2.36. The minimum absolute atomic E-state index is 0.0397. The Morgan fingerprint density at radius 1 is 1.17 bits per heavy atom. The number of nitro benzene ring substituents is 1. The van der Waals surface area contributed by atoms with Crippen molar-refractivity contribution < 1.29 is 18.8 Å². The molecule has 10 heteroatoms. The van der Waals surface area contributed by atoms with Gasteiger partial charge in [0.1, 0.15) is 11.5 Å². The van der Waals surface area contributed by atoms with Gasteiger partial charge in [-0.2, -0.15) is 5.26 Å². The minimum atomic E-state index is -0.489. The molecule has 146 valence electrons. The summed E-state index contributed by atoms with van der Waals surface area (Å²) in [4.78, 5) is 10.8. The second-order valence-electron chi connectivity index (χ2n) is 5.52. The Kier molecular flexibility index (Phi) is 6.11. The average molecular weight is 410 g/mol. The van der Waals surface area contributed by atoms with Crippen molar-refractivity contribution in [2.24, 2.45) is 0 Å². The van der Waals surface area contributed by atoms with Crippen molar-refractivity contribution in [2.75, 3.05) is 14.2 Å². The Labute approximate surface area is 169 Å². The number of hydrogen-bond donors (Lipinski definition) is 0. The van der Waals surface area contributed by atoms with Crippen LogP contribution in [0.15, 0.2) is 58.2 Å². The van der Waals surface area contributed by atoms with Crippen LogP contribution in [0, 0.1) is 21.4 Å². The summed E-state index contributed by atoms with van der Waals surface area (Å²) in [5.74, 6) is 1.40. The standard InChI is InChI=1S/C19H14N4O5S/c1-26-15-9-13(10-16(11-15)27-2)18-21-22-19(28-18)29-17(7-8-20)12-3-5-14(6-4-12)23(24)25/h3-7,9-11H,1-2H3/b17-7-. The Morgan fingerprint density at radius 2 is 1.83 bits per heavy atom. The molecule has 9 nitrogen and oxygen atoms in total. The lowest BCUT2D eigenvalue weighted by Gasteiger charge is -2.06. The third kappa shape index (κ3) is 4.72. The summed E-state index contributed by atoms with van der Waals surface area (Å²) < 4.78 is 16.2. The number of non-ortho nitro benzene ring substituents is 1. The van der Waals surface area contributed by atoms with Crippen molar-refractivity contribution in [1.29, 1.82) is 5.26 Å². The van der Waals surface area contributed by atoms with Crippen LogP contribution in [0.1, 0.15) is 5.56 Å². The van der Waals surface area contributed by atoms with Gasteiger partial charge in [0, 0.05) is 34.7 Å². The van der Waals surface area contributed by atoms with Gasteiger partial charge in [0.25, 0.3) is 10.9 Å². The highest BCUT2D eigenvalue weighted by molar-refractivity contribution is 8.08. The first kappa shape index (κ1) is 19.9. The van der Waals surface area contributed by atoms with E-state index < -0.39 is 4.92 Å². The first-order valence-corrected chi connectivity index (χ1v) is 8.95. The lowest BCUT2D eigenvalue weighted by atomic mass is 10.2. The number of benzene rings is 2. The molecular weight excluding hydrogens is 396 g/mol. The van der Waals surface area contributed by atoms with Gasteiger partial charge in [-0.05, 0) is 41.6 Å². The molecule has 0 atom stereocenters. The highest BCUT2D eigenvalue weighted by atomic mass is 32.2. The number of rotatable bonds is 7. The van der Waals surface area contributed by atoms with E-state index in [4.69, 9.17) is 19.2 Å². The Morgan fingerprint density at radius 3 is 2.38 bits per heavy atom. The molecular formula is C19H14N4O5S. The molecule has 0 radical (unpaired) electrons. The number of methoxy groups -OCH3 is 2. The van der Waals surface area contributed by atoms with E-state index in [1.54, 1.807) is 30.3 Å². The van der Waals surface area contributed by atoms with Crippen LogP contribution in [-0.2, 0) is 0 Å². The largest absolute Gasteiger partial charge is 0.497 e. The van der Waals surface area contributed by atoms with E-state index in [0.29, 0.717) is 27.5 Å². The number of aromatic nitrogens is 2. The summed E-state index contributed by atoms with van der Waals surface area (Å²) in [5.41, 5.74) is 1.19. The molecule has 0 aliphatic carbocycles. The van der Waals surface area contributed by atoms with E-state index in [-0.39, 0.29) is 16.8 Å². The summed E-state index contributed by atoms with van der Waals surface area (Å²) in [6.45, 7) is 0. The van der Waals surface area contributed by atoms with Crippen molar-refractivity contribution in [2.45, 2.75) is 5.22 Å². The van der Waals surface area contributed by atoms with Crippen molar-refractivity contribution in [3.8, 4) is 29.0 Å². The van der Waals surface area contributed by atoms with Crippen LogP contribution in [0.2, 0.25) is 0 Å². The first-order valence-electron chi connectivity index (χ1n) is 8.13. The van der Waals surface area contributed by atoms with E-state index in [1.165, 1.54) is 32.4 Å².